The summed E-state index contributed by atoms with van der Waals surface area (Å²) in [7, 11) is 1.59. The van der Waals surface area contributed by atoms with Gasteiger partial charge in [-0.2, -0.15) is 13.2 Å². The smallest absolute Gasteiger partial charge is 0.392 e. The number of benzene rings is 1. The Morgan fingerprint density at radius 1 is 1.24 bits per heavy atom. The molecule has 0 radical (unpaired) electrons. The molecule has 2 nitrogen and oxygen atoms in total. The molecule has 0 amide bonds. The van der Waals surface area contributed by atoms with E-state index in [1.54, 1.807) is 19.2 Å². The molecule has 0 aliphatic heterocycles. The van der Waals surface area contributed by atoms with E-state index in [1.807, 2.05) is 0 Å². The van der Waals surface area contributed by atoms with Crippen molar-refractivity contribution in [3.8, 4) is 0 Å². The summed E-state index contributed by atoms with van der Waals surface area (Å²) in [6.45, 7) is -0.0907. The number of aliphatic hydroxyl groups is 1. The fourth-order valence-electron chi connectivity index (χ4n) is 2.00. The molecule has 1 heterocycles. The van der Waals surface area contributed by atoms with Crippen LogP contribution in [0.25, 0.3) is 0 Å². The van der Waals surface area contributed by atoms with Crippen molar-refractivity contribution >= 4 is 28.6 Å². The first-order valence-electron chi connectivity index (χ1n) is 6.07. The molecule has 7 heteroatoms. The van der Waals surface area contributed by atoms with Crippen LogP contribution >= 0.6 is 22.9 Å². The van der Waals surface area contributed by atoms with Crippen molar-refractivity contribution in [1.29, 1.82) is 0 Å². The van der Waals surface area contributed by atoms with E-state index >= 15 is 0 Å². The lowest BCUT2D eigenvalue weighted by molar-refractivity contribution is -0.137. The van der Waals surface area contributed by atoms with E-state index in [-0.39, 0.29) is 11.3 Å². The van der Waals surface area contributed by atoms with Crippen molar-refractivity contribution in [3.05, 3.63) is 50.7 Å². The topological polar surface area (TPSA) is 23.5 Å². The number of thiophene rings is 1. The fraction of sp³-hybridized carbons (Fsp3) is 0.286. The van der Waals surface area contributed by atoms with Crippen LogP contribution in [0.15, 0.2) is 30.3 Å². The zero-order chi connectivity index (χ0) is 15.6. The minimum absolute atomic E-state index is 0.0734. The zero-order valence-electron chi connectivity index (χ0n) is 11.1. The van der Waals surface area contributed by atoms with Crippen molar-refractivity contribution < 1.29 is 18.3 Å². The van der Waals surface area contributed by atoms with Crippen LogP contribution in [-0.2, 0) is 19.3 Å². The molecule has 2 aromatic rings. The maximum absolute atomic E-state index is 13.1. The second-order valence-corrected chi connectivity index (χ2v) is 6.37. The van der Waals surface area contributed by atoms with Crippen molar-refractivity contribution in [2.45, 2.75) is 19.3 Å². The number of nitrogens with zero attached hydrogens (tertiary/aromatic N) is 1. The third-order valence-electron chi connectivity index (χ3n) is 2.98. The third kappa shape index (κ3) is 3.90. The number of rotatable bonds is 4. The summed E-state index contributed by atoms with van der Waals surface area (Å²) < 4.78 is 40.0. The highest BCUT2D eigenvalue weighted by Gasteiger charge is 2.34. The summed E-state index contributed by atoms with van der Waals surface area (Å²) in [5, 5.41) is 9.00. The molecule has 1 aromatic heterocycles. The molecular weight excluding hydrogens is 323 g/mol. The minimum Gasteiger partial charge on any atom is -0.392 e. The average Bonchev–Trinajstić information content (AvgIpc) is 2.82. The van der Waals surface area contributed by atoms with Gasteiger partial charge in [0.25, 0.3) is 0 Å². The predicted molar refractivity (Wildman–Crippen MR) is 78.8 cm³/mol. The molecule has 21 heavy (non-hydrogen) atoms. The van der Waals surface area contributed by atoms with Crippen LogP contribution in [-0.4, -0.2) is 12.2 Å². The Balaban J connectivity index is 2.33. The van der Waals surface area contributed by atoms with Crippen LogP contribution < -0.4 is 4.90 Å². The molecule has 2 rings (SSSR count). The Labute approximate surface area is 129 Å². The first-order valence-corrected chi connectivity index (χ1v) is 7.27. The zero-order valence-corrected chi connectivity index (χ0v) is 12.7. The third-order valence-corrected chi connectivity index (χ3v) is 4.20. The molecule has 114 valence electrons. The normalized spacial score (nSPS) is 11.7. The van der Waals surface area contributed by atoms with E-state index in [9.17, 15) is 13.2 Å². The summed E-state index contributed by atoms with van der Waals surface area (Å²) >= 11 is 7.16. The number of halogens is 4. The molecule has 0 aliphatic rings. The molecule has 0 bridgehead atoms. The standard InChI is InChI=1S/C14H13ClF3NOS/c1-19(7-10-3-5-13(15)21-10)12-4-2-9(8-20)6-11(12)14(16,17)18/h2-6,20H,7-8H2,1H3. The van der Waals surface area contributed by atoms with E-state index in [0.29, 0.717) is 10.9 Å². The quantitative estimate of drug-likeness (QED) is 0.886. The van der Waals surface area contributed by atoms with Gasteiger partial charge in [-0.1, -0.05) is 17.7 Å². The lowest BCUT2D eigenvalue weighted by Gasteiger charge is -2.23. The maximum Gasteiger partial charge on any atom is 0.418 e. The van der Waals surface area contributed by atoms with Gasteiger partial charge in [0.2, 0.25) is 0 Å². The number of anilines is 1. The van der Waals surface area contributed by atoms with Crippen LogP contribution in [0.5, 0.6) is 0 Å². The molecule has 1 aromatic carbocycles. The van der Waals surface area contributed by atoms with Crippen LogP contribution in [0.3, 0.4) is 0 Å². The first kappa shape index (κ1) is 16.1. The largest absolute Gasteiger partial charge is 0.418 e. The van der Waals surface area contributed by atoms with Gasteiger partial charge in [-0.15, -0.1) is 11.3 Å². The molecule has 0 fully saturated rings. The summed E-state index contributed by atoms with van der Waals surface area (Å²) in [4.78, 5) is 2.40. The number of alkyl halides is 3. The van der Waals surface area contributed by atoms with Gasteiger partial charge in [-0.25, -0.2) is 0 Å². The van der Waals surface area contributed by atoms with Crippen molar-refractivity contribution in [1.82, 2.24) is 0 Å². The highest BCUT2D eigenvalue weighted by atomic mass is 35.5. The van der Waals surface area contributed by atoms with Gasteiger partial charge in [0, 0.05) is 17.6 Å². The van der Waals surface area contributed by atoms with Crippen LogP contribution in [0.1, 0.15) is 16.0 Å². The lowest BCUT2D eigenvalue weighted by atomic mass is 10.1. The SMILES string of the molecule is CN(Cc1ccc(Cl)s1)c1ccc(CO)cc1C(F)(F)F. The fourth-order valence-corrected chi connectivity index (χ4v) is 3.14. The number of hydrogen-bond acceptors (Lipinski definition) is 3. The highest BCUT2D eigenvalue weighted by Crippen LogP contribution is 2.37. The summed E-state index contributed by atoms with van der Waals surface area (Å²) in [6.07, 6.45) is -4.47. The van der Waals surface area contributed by atoms with Gasteiger partial charge in [-0.05, 0) is 29.8 Å². The molecule has 1 N–H and O–H groups in total. The van der Waals surface area contributed by atoms with Crippen LogP contribution in [0.2, 0.25) is 4.34 Å². The molecule has 0 unspecified atom stereocenters. The van der Waals surface area contributed by atoms with Crippen molar-refractivity contribution in [2.24, 2.45) is 0 Å². The predicted octanol–water partition coefficient (Wildman–Crippen LogP) is 4.55. The van der Waals surface area contributed by atoms with Crippen molar-refractivity contribution in [2.75, 3.05) is 11.9 Å². The second-order valence-electron chi connectivity index (χ2n) is 4.57. The van der Waals surface area contributed by atoms with Gasteiger partial charge in [0.05, 0.1) is 23.1 Å². The second kappa shape index (κ2) is 6.25. The Morgan fingerprint density at radius 3 is 2.48 bits per heavy atom. The summed E-state index contributed by atoms with van der Waals surface area (Å²) in [5.74, 6) is 0. The Morgan fingerprint density at radius 2 is 1.95 bits per heavy atom. The maximum atomic E-state index is 13.1. The van der Waals surface area contributed by atoms with Crippen LogP contribution in [0, 0.1) is 0 Å². The first-order chi connectivity index (χ1) is 9.81. The Kier molecular flexibility index (Phi) is 4.81. The molecule has 0 saturated heterocycles. The van der Waals surface area contributed by atoms with Gasteiger partial charge < -0.3 is 10.0 Å². The van der Waals surface area contributed by atoms with Gasteiger partial charge >= 0.3 is 6.18 Å². The van der Waals surface area contributed by atoms with E-state index < -0.39 is 18.3 Å². The van der Waals surface area contributed by atoms with E-state index in [4.69, 9.17) is 16.7 Å². The molecule has 0 atom stereocenters. The van der Waals surface area contributed by atoms with Crippen molar-refractivity contribution in [3.63, 3.8) is 0 Å². The van der Waals surface area contributed by atoms with Gasteiger partial charge in [-0.3, -0.25) is 0 Å². The average molecular weight is 336 g/mol. The minimum atomic E-state index is -4.47. The summed E-state index contributed by atoms with van der Waals surface area (Å²) in [5.41, 5.74) is -0.443. The monoisotopic (exact) mass is 335 g/mol. The molecular formula is C14H13ClF3NOS. The van der Waals surface area contributed by atoms with E-state index in [1.165, 1.54) is 28.4 Å². The van der Waals surface area contributed by atoms with Crippen LogP contribution in [0.4, 0.5) is 18.9 Å². The highest BCUT2D eigenvalue weighted by molar-refractivity contribution is 7.16. The molecule has 0 saturated carbocycles. The Hall–Kier alpha value is -1.24. The Bertz CT molecular complexity index is 627. The van der Waals surface area contributed by atoms with Gasteiger partial charge in [0.15, 0.2) is 0 Å². The van der Waals surface area contributed by atoms with Gasteiger partial charge in [0.1, 0.15) is 0 Å². The molecule has 0 aliphatic carbocycles. The summed E-state index contributed by atoms with van der Waals surface area (Å²) in [6, 6.07) is 7.35. The molecule has 0 spiro atoms. The lowest BCUT2D eigenvalue weighted by Crippen LogP contribution is -2.20. The van der Waals surface area contributed by atoms with E-state index in [2.05, 4.69) is 0 Å². The number of aliphatic hydroxyl groups excluding tert-OH is 1. The number of hydrogen-bond donors (Lipinski definition) is 1. The van der Waals surface area contributed by atoms with E-state index in [0.717, 1.165) is 10.9 Å².